The molecule has 6 rings (SSSR count). The molecule has 9 nitrogen and oxygen atoms in total. The fraction of sp³-hybridized carbons (Fsp3) is 0.207. The highest BCUT2D eigenvalue weighted by Gasteiger charge is 2.34. The number of rotatable bonds is 3. The van der Waals surface area contributed by atoms with Crippen LogP contribution in [0.4, 0.5) is 19.0 Å². The summed E-state index contributed by atoms with van der Waals surface area (Å²) < 4.78 is 42.6. The van der Waals surface area contributed by atoms with E-state index in [0.29, 0.717) is 41.0 Å². The predicted octanol–water partition coefficient (Wildman–Crippen LogP) is 4.38. The lowest BCUT2D eigenvalue weighted by Gasteiger charge is -2.21. The zero-order chi connectivity index (χ0) is 28.9. The first-order valence-corrected chi connectivity index (χ1v) is 12.7. The minimum Gasteiger partial charge on any atom is -0.382 e. The van der Waals surface area contributed by atoms with Crippen molar-refractivity contribution in [1.29, 1.82) is 0 Å². The molecule has 2 N–H and O–H groups in total. The lowest BCUT2D eigenvalue weighted by molar-refractivity contribution is -0.137. The van der Waals surface area contributed by atoms with E-state index < -0.39 is 17.3 Å². The molecule has 4 aromatic heterocycles. The molecule has 1 atom stereocenters. The summed E-state index contributed by atoms with van der Waals surface area (Å²) in [6, 6.07) is 8.06. The highest BCUT2D eigenvalue weighted by Crippen LogP contribution is 2.37. The average Bonchev–Trinajstić information content (AvgIpc) is 3.59. The summed E-state index contributed by atoms with van der Waals surface area (Å²) in [5.41, 5.74) is 6.61. The fourth-order valence-electron chi connectivity index (χ4n) is 5.28. The lowest BCUT2D eigenvalue weighted by atomic mass is 10.1. The molecule has 41 heavy (non-hydrogen) atoms. The third-order valence-electron chi connectivity index (χ3n) is 7.15. The Morgan fingerprint density at radius 3 is 2.71 bits per heavy atom. The number of halogens is 3. The third-order valence-corrected chi connectivity index (χ3v) is 7.15. The van der Waals surface area contributed by atoms with Crippen molar-refractivity contribution in [3.05, 3.63) is 82.9 Å². The number of anilines is 1. The Morgan fingerprint density at radius 1 is 1.10 bits per heavy atom. The molecule has 0 aliphatic carbocycles. The predicted molar refractivity (Wildman–Crippen MR) is 146 cm³/mol. The summed E-state index contributed by atoms with van der Waals surface area (Å²) in [7, 11) is 0. The molecule has 1 aliphatic heterocycles. The smallest absolute Gasteiger partial charge is 0.382 e. The first kappa shape index (κ1) is 26.1. The van der Waals surface area contributed by atoms with Gasteiger partial charge in [0, 0.05) is 42.3 Å². The van der Waals surface area contributed by atoms with Crippen LogP contribution < -0.4 is 11.3 Å². The molecule has 1 amide bonds. The van der Waals surface area contributed by atoms with Gasteiger partial charge in [-0.15, -0.1) is 0 Å². The van der Waals surface area contributed by atoms with Crippen molar-refractivity contribution in [3.63, 3.8) is 0 Å². The highest BCUT2D eigenvalue weighted by atomic mass is 19.4. The van der Waals surface area contributed by atoms with Crippen LogP contribution in [0.2, 0.25) is 0 Å². The largest absolute Gasteiger partial charge is 0.416 e. The molecule has 0 radical (unpaired) electrons. The lowest BCUT2D eigenvalue weighted by Crippen LogP contribution is -2.30. The molecule has 1 saturated heterocycles. The Balaban J connectivity index is 1.46. The van der Waals surface area contributed by atoms with Crippen LogP contribution in [0.3, 0.4) is 0 Å². The number of alkyl halides is 3. The molecular formula is C29H22F3N7O2. The van der Waals surface area contributed by atoms with E-state index in [4.69, 9.17) is 10.7 Å². The maximum Gasteiger partial charge on any atom is 0.416 e. The van der Waals surface area contributed by atoms with Crippen molar-refractivity contribution in [2.75, 3.05) is 12.3 Å². The van der Waals surface area contributed by atoms with Crippen LogP contribution in [0.15, 0.2) is 66.0 Å². The zero-order valence-electron chi connectivity index (χ0n) is 21.7. The molecule has 1 aromatic carbocycles. The summed E-state index contributed by atoms with van der Waals surface area (Å²) in [6.07, 6.45) is 2.66. The quantitative estimate of drug-likeness (QED) is 0.330. The number of aromatic nitrogens is 5. The van der Waals surface area contributed by atoms with Gasteiger partial charge < -0.3 is 10.6 Å². The van der Waals surface area contributed by atoms with E-state index in [9.17, 15) is 22.8 Å². The second-order valence-corrected chi connectivity index (χ2v) is 9.57. The van der Waals surface area contributed by atoms with E-state index in [1.165, 1.54) is 6.20 Å². The van der Waals surface area contributed by atoms with Crippen molar-refractivity contribution in [2.24, 2.45) is 0 Å². The number of benzene rings is 1. The van der Waals surface area contributed by atoms with Crippen LogP contribution in [0.1, 0.15) is 37.2 Å². The standard InChI is InChI=1S/C29H22F3N7O2/c1-2-4-23(40)37-12-3-5-21(37)27-36-24(25-26(33)35-11-14-39(25)27)18-6-7-20-17(15-18)9-13-38(28(20)41)22-16-19(8-10-34-22)29(30,31)32/h6-11,13-16,21H,3,5,12H2,1H3,(H2,33,35). The molecule has 12 heteroatoms. The van der Waals surface area contributed by atoms with E-state index >= 15 is 0 Å². The number of nitrogen functional groups attached to an aromatic ring is 1. The summed E-state index contributed by atoms with van der Waals surface area (Å²) in [6.45, 7) is 2.18. The van der Waals surface area contributed by atoms with E-state index in [-0.39, 0.29) is 29.0 Å². The number of imidazole rings is 1. The molecule has 1 unspecified atom stereocenters. The fourth-order valence-corrected chi connectivity index (χ4v) is 5.28. The van der Waals surface area contributed by atoms with Crippen LogP contribution in [-0.2, 0) is 11.0 Å². The Labute approximate surface area is 231 Å². The van der Waals surface area contributed by atoms with Crippen molar-refractivity contribution >= 4 is 28.0 Å². The average molecular weight is 558 g/mol. The molecule has 206 valence electrons. The van der Waals surface area contributed by atoms with Gasteiger partial charge in [-0.1, -0.05) is 12.0 Å². The summed E-state index contributed by atoms with van der Waals surface area (Å²) in [5, 5.41) is 0.841. The van der Waals surface area contributed by atoms with Gasteiger partial charge in [-0.05, 0) is 61.4 Å². The van der Waals surface area contributed by atoms with E-state index in [1.54, 1.807) is 48.5 Å². The minimum atomic E-state index is -4.57. The van der Waals surface area contributed by atoms with Gasteiger partial charge in [-0.3, -0.25) is 18.6 Å². The zero-order valence-corrected chi connectivity index (χ0v) is 21.7. The van der Waals surface area contributed by atoms with E-state index in [0.717, 1.165) is 29.3 Å². The summed E-state index contributed by atoms with van der Waals surface area (Å²) in [4.78, 5) is 40.8. The minimum absolute atomic E-state index is 0.136. The van der Waals surface area contributed by atoms with Gasteiger partial charge in [-0.2, -0.15) is 13.2 Å². The number of nitrogens with two attached hydrogens (primary N) is 1. The van der Waals surface area contributed by atoms with Crippen LogP contribution >= 0.6 is 0 Å². The first-order chi connectivity index (χ1) is 19.7. The van der Waals surface area contributed by atoms with E-state index in [2.05, 4.69) is 21.8 Å². The van der Waals surface area contributed by atoms with Crippen molar-refractivity contribution in [2.45, 2.75) is 32.0 Å². The number of pyridine rings is 2. The van der Waals surface area contributed by atoms with Gasteiger partial charge in [0.2, 0.25) is 0 Å². The van der Waals surface area contributed by atoms with Crippen molar-refractivity contribution < 1.29 is 18.0 Å². The molecule has 5 heterocycles. The summed E-state index contributed by atoms with van der Waals surface area (Å²) >= 11 is 0. The van der Waals surface area contributed by atoms with Gasteiger partial charge in [-0.25, -0.2) is 15.0 Å². The number of nitrogens with zero attached hydrogens (tertiary/aromatic N) is 6. The van der Waals surface area contributed by atoms with Crippen LogP contribution in [-0.4, -0.2) is 41.3 Å². The van der Waals surface area contributed by atoms with Crippen molar-refractivity contribution in [1.82, 2.24) is 28.8 Å². The number of fused-ring (bicyclic) bond motifs is 2. The SMILES string of the molecule is CC#CC(=O)N1CCCC1c1nc(-c2ccc3c(=O)n(-c4cc(C(F)(F)F)ccn4)ccc3c2)c2c(N)nccn12. The number of hydrogen-bond acceptors (Lipinski definition) is 6. The summed E-state index contributed by atoms with van der Waals surface area (Å²) in [5.74, 6) is 5.73. The molecular weight excluding hydrogens is 535 g/mol. The first-order valence-electron chi connectivity index (χ1n) is 12.7. The Hall–Kier alpha value is -5.18. The number of carbonyl (C=O) groups excluding carboxylic acids is 1. The maximum absolute atomic E-state index is 13.3. The van der Waals surface area contributed by atoms with Gasteiger partial charge in [0.1, 0.15) is 28.7 Å². The number of hydrogen-bond donors (Lipinski definition) is 1. The van der Waals surface area contributed by atoms with Gasteiger partial charge >= 0.3 is 6.18 Å². The number of carbonyl (C=O) groups is 1. The number of likely N-dealkylation sites (tertiary alicyclic amines) is 1. The third kappa shape index (κ3) is 4.45. The molecule has 5 aromatic rings. The Kier molecular flexibility index (Phi) is 6.22. The maximum atomic E-state index is 13.3. The van der Waals surface area contributed by atoms with Gasteiger partial charge in [0.25, 0.3) is 11.5 Å². The van der Waals surface area contributed by atoms with Crippen molar-refractivity contribution in [3.8, 4) is 28.9 Å². The monoisotopic (exact) mass is 557 g/mol. The van der Waals surface area contributed by atoms with E-state index in [1.807, 2.05) is 4.40 Å². The second kappa shape index (κ2) is 9.78. The highest BCUT2D eigenvalue weighted by molar-refractivity contribution is 5.94. The van der Waals surface area contributed by atoms with Gasteiger partial charge in [0.05, 0.1) is 11.6 Å². The molecule has 0 saturated carbocycles. The second-order valence-electron chi connectivity index (χ2n) is 9.57. The van der Waals surface area contributed by atoms with Gasteiger partial charge in [0.15, 0.2) is 0 Å². The van der Waals surface area contributed by atoms with Crippen LogP contribution in [0.25, 0.3) is 33.4 Å². The molecule has 0 bridgehead atoms. The van der Waals surface area contributed by atoms with Crippen LogP contribution in [0.5, 0.6) is 0 Å². The Bertz CT molecular complexity index is 1970. The normalized spacial score (nSPS) is 15.3. The topological polar surface area (TPSA) is 111 Å². The molecule has 1 aliphatic rings. The number of amides is 1. The molecule has 1 fully saturated rings. The molecule has 0 spiro atoms. The Morgan fingerprint density at radius 2 is 1.93 bits per heavy atom. The van der Waals surface area contributed by atoms with Crippen LogP contribution in [0, 0.1) is 11.8 Å².